The molecule has 0 bridgehead atoms. The molecule has 302 valence electrons. The first-order valence-corrected chi connectivity index (χ1v) is 21.4. The minimum atomic E-state index is -0.824. The standard InChI is InChI=1S/C47H78O6/c1-4-7-10-13-16-19-22-23-26-28-31-34-37-40-46(49)52-43-44(53-47(50)41-38-35-32-29-25-21-18-15-12-9-6-3)42-51-45(48)39-36-33-30-27-24-20-17-14-11-8-5-2/h9,12,14,17-18,21,23,26,29,31-32,34,44H,4-8,10-11,13,15-16,19-20,22,24-25,27-28,30,33,35-43H2,1-3H3/b12-9-,17-14-,21-18-,26-23-,32-29-,34-31-. The Morgan fingerprint density at radius 1 is 0.396 bits per heavy atom. The van der Waals surface area contributed by atoms with Gasteiger partial charge in [0.25, 0.3) is 0 Å². The van der Waals surface area contributed by atoms with Crippen LogP contribution in [-0.2, 0) is 28.6 Å². The van der Waals surface area contributed by atoms with Crippen molar-refractivity contribution in [1.29, 1.82) is 0 Å². The topological polar surface area (TPSA) is 78.9 Å². The van der Waals surface area contributed by atoms with E-state index in [1.165, 1.54) is 64.2 Å². The van der Waals surface area contributed by atoms with Crippen LogP contribution in [0.3, 0.4) is 0 Å². The van der Waals surface area contributed by atoms with Crippen molar-refractivity contribution < 1.29 is 28.6 Å². The lowest BCUT2D eigenvalue weighted by atomic mass is 10.1. The molecule has 1 atom stereocenters. The van der Waals surface area contributed by atoms with Crippen LogP contribution in [-0.4, -0.2) is 37.2 Å². The Morgan fingerprint density at radius 2 is 0.811 bits per heavy atom. The van der Waals surface area contributed by atoms with Crippen molar-refractivity contribution in [2.75, 3.05) is 13.2 Å². The summed E-state index contributed by atoms with van der Waals surface area (Å²) < 4.78 is 16.5. The molecule has 0 aromatic heterocycles. The van der Waals surface area contributed by atoms with E-state index in [1.54, 1.807) is 0 Å². The average molecular weight is 739 g/mol. The molecule has 0 saturated heterocycles. The Hall–Kier alpha value is -3.15. The Labute approximate surface area is 325 Å². The number of allylic oxidation sites excluding steroid dienone is 12. The quantitative estimate of drug-likeness (QED) is 0.0273. The molecule has 0 saturated carbocycles. The molecule has 0 aliphatic carbocycles. The predicted molar refractivity (Wildman–Crippen MR) is 224 cm³/mol. The Morgan fingerprint density at radius 3 is 1.40 bits per heavy atom. The molecule has 0 rings (SSSR count). The Kier molecular flexibility index (Phi) is 39.1. The van der Waals surface area contributed by atoms with Gasteiger partial charge < -0.3 is 14.2 Å². The van der Waals surface area contributed by atoms with E-state index in [-0.39, 0.29) is 44.0 Å². The van der Waals surface area contributed by atoms with Crippen molar-refractivity contribution in [3.63, 3.8) is 0 Å². The Bertz CT molecular complexity index is 1030. The van der Waals surface area contributed by atoms with Crippen molar-refractivity contribution in [1.82, 2.24) is 0 Å². The van der Waals surface area contributed by atoms with Crippen LogP contribution >= 0.6 is 0 Å². The van der Waals surface area contributed by atoms with Crippen molar-refractivity contribution in [2.24, 2.45) is 0 Å². The minimum absolute atomic E-state index is 0.118. The molecule has 0 amide bonds. The van der Waals surface area contributed by atoms with Crippen LogP contribution in [0.2, 0.25) is 0 Å². The molecule has 6 nitrogen and oxygen atoms in total. The zero-order valence-electron chi connectivity index (χ0n) is 34.3. The summed E-state index contributed by atoms with van der Waals surface area (Å²) in [7, 11) is 0. The molecule has 0 spiro atoms. The summed E-state index contributed by atoms with van der Waals surface area (Å²) in [6.07, 6.45) is 50.5. The van der Waals surface area contributed by atoms with Gasteiger partial charge in [0.2, 0.25) is 0 Å². The van der Waals surface area contributed by atoms with E-state index in [0.717, 1.165) is 70.6 Å². The van der Waals surface area contributed by atoms with Gasteiger partial charge in [0.1, 0.15) is 13.2 Å². The number of carbonyl (C=O) groups excluding carboxylic acids is 3. The first-order valence-electron chi connectivity index (χ1n) is 21.4. The summed E-state index contributed by atoms with van der Waals surface area (Å²) in [5, 5.41) is 0. The maximum Gasteiger partial charge on any atom is 0.306 e. The normalized spacial score (nSPS) is 12.7. The maximum absolute atomic E-state index is 12.6. The molecule has 0 N–H and O–H groups in total. The van der Waals surface area contributed by atoms with E-state index in [9.17, 15) is 14.4 Å². The fourth-order valence-electron chi connectivity index (χ4n) is 5.44. The molecule has 0 fully saturated rings. The summed E-state index contributed by atoms with van der Waals surface area (Å²) in [6, 6.07) is 0. The Balaban J connectivity index is 4.54. The van der Waals surface area contributed by atoms with Crippen LogP contribution < -0.4 is 0 Å². The summed E-state index contributed by atoms with van der Waals surface area (Å²) in [5.41, 5.74) is 0. The highest BCUT2D eigenvalue weighted by atomic mass is 16.6. The molecule has 0 aromatic carbocycles. The molecule has 1 unspecified atom stereocenters. The monoisotopic (exact) mass is 739 g/mol. The van der Waals surface area contributed by atoms with Gasteiger partial charge in [-0.25, -0.2) is 0 Å². The van der Waals surface area contributed by atoms with Crippen LogP contribution in [0.15, 0.2) is 72.9 Å². The highest BCUT2D eigenvalue weighted by Crippen LogP contribution is 2.11. The number of carbonyl (C=O) groups is 3. The number of hydrogen-bond acceptors (Lipinski definition) is 6. The SMILES string of the molecule is CC/C=C\C/C=C\C/C=C\CCCC(=O)OC(COC(=O)CC/C=C\C/C=C\CCCCCCCC)COC(=O)CCCCCCC/C=C\CCCC. The van der Waals surface area contributed by atoms with E-state index in [0.29, 0.717) is 19.3 Å². The summed E-state index contributed by atoms with van der Waals surface area (Å²) in [6.45, 7) is 6.33. The molecule has 0 aromatic rings. The lowest BCUT2D eigenvalue weighted by Crippen LogP contribution is -2.30. The first-order chi connectivity index (χ1) is 26.0. The van der Waals surface area contributed by atoms with Gasteiger partial charge in [-0.05, 0) is 83.5 Å². The second-order valence-electron chi connectivity index (χ2n) is 13.9. The number of unbranched alkanes of at least 4 members (excludes halogenated alkanes) is 14. The zero-order valence-corrected chi connectivity index (χ0v) is 34.3. The fraction of sp³-hybridized carbons (Fsp3) is 0.681. The number of esters is 3. The van der Waals surface area contributed by atoms with Crippen LogP contribution in [0.5, 0.6) is 0 Å². The van der Waals surface area contributed by atoms with E-state index in [2.05, 4.69) is 87.6 Å². The van der Waals surface area contributed by atoms with Crippen molar-refractivity contribution in [3.8, 4) is 0 Å². The van der Waals surface area contributed by atoms with E-state index in [4.69, 9.17) is 14.2 Å². The fourth-order valence-corrected chi connectivity index (χ4v) is 5.44. The smallest absolute Gasteiger partial charge is 0.306 e. The van der Waals surface area contributed by atoms with Gasteiger partial charge in [-0.15, -0.1) is 0 Å². The van der Waals surface area contributed by atoms with Gasteiger partial charge in [-0.3, -0.25) is 14.4 Å². The number of rotatable bonds is 37. The van der Waals surface area contributed by atoms with Gasteiger partial charge in [0.05, 0.1) is 0 Å². The van der Waals surface area contributed by atoms with E-state index < -0.39 is 6.10 Å². The summed E-state index contributed by atoms with van der Waals surface area (Å²) in [5.74, 6) is -1.06. The largest absolute Gasteiger partial charge is 0.462 e. The van der Waals surface area contributed by atoms with E-state index in [1.807, 2.05) is 6.08 Å². The zero-order chi connectivity index (χ0) is 38.7. The lowest BCUT2D eigenvalue weighted by Gasteiger charge is -2.18. The van der Waals surface area contributed by atoms with Gasteiger partial charge in [-0.2, -0.15) is 0 Å². The molecule has 53 heavy (non-hydrogen) atoms. The third-order valence-electron chi connectivity index (χ3n) is 8.68. The van der Waals surface area contributed by atoms with Gasteiger partial charge >= 0.3 is 17.9 Å². The highest BCUT2D eigenvalue weighted by molar-refractivity contribution is 5.71. The third-order valence-corrected chi connectivity index (χ3v) is 8.68. The highest BCUT2D eigenvalue weighted by Gasteiger charge is 2.19. The van der Waals surface area contributed by atoms with Crippen LogP contribution in [0.4, 0.5) is 0 Å². The molecule has 0 aliphatic heterocycles. The molecule has 6 heteroatoms. The number of ether oxygens (including phenoxy) is 3. The van der Waals surface area contributed by atoms with Gasteiger partial charge in [0.15, 0.2) is 6.10 Å². The maximum atomic E-state index is 12.6. The molecule has 0 heterocycles. The predicted octanol–water partition coefficient (Wildman–Crippen LogP) is 13.5. The average Bonchev–Trinajstić information content (AvgIpc) is 3.15. The third kappa shape index (κ3) is 39.9. The molecular weight excluding hydrogens is 661 g/mol. The lowest BCUT2D eigenvalue weighted by molar-refractivity contribution is -0.166. The summed E-state index contributed by atoms with van der Waals surface area (Å²) >= 11 is 0. The van der Waals surface area contributed by atoms with Crippen LogP contribution in [0.25, 0.3) is 0 Å². The molecule has 0 radical (unpaired) electrons. The van der Waals surface area contributed by atoms with Crippen molar-refractivity contribution >= 4 is 17.9 Å². The van der Waals surface area contributed by atoms with Crippen molar-refractivity contribution in [3.05, 3.63) is 72.9 Å². The van der Waals surface area contributed by atoms with Crippen LogP contribution in [0.1, 0.15) is 188 Å². The van der Waals surface area contributed by atoms with Crippen molar-refractivity contribution in [2.45, 2.75) is 194 Å². The molecule has 0 aliphatic rings. The summed E-state index contributed by atoms with van der Waals surface area (Å²) in [4.78, 5) is 37.5. The van der Waals surface area contributed by atoms with E-state index >= 15 is 0 Å². The minimum Gasteiger partial charge on any atom is -0.462 e. The number of hydrogen-bond donors (Lipinski definition) is 0. The van der Waals surface area contributed by atoms with Crippen LogP contribution in [0, 0.1) is 0 Å². The second kappa shape index (κ2) is 41.6. The second-order valence-corrected chi connectivity index (χ2v) is 13.9. The molecular formula is C47H78O6. The van der Waals surface area contributed by atoms with Gasteiger partial charge in [-0.1, -0.05) is 158 Å². The first kappa shape index (κ1) is 49.9. The van der Waals surface area contributed by atoms with Gasteiger partial charge in [0, 0.05) is 19.3 Å².